The molecular formula is C16H31N2O4P. The van der Waals surface area contributed by atoms with E-state index in [4.69, 9.17) is 15.0 Å². The average molecular weight is 346 g/mol. The van der Waals surface area contributed by atoms with E-state index in [1.807, 2.05) is 0 Å². The number of ether oxygens (including phenoxy) is 1. The number of carbonyl (C=O) groups excluding carboxylic acids is 2. The molecule has 1 fully saturated rings. The van der Waals surface area contributed by atoms with Gasteiger partial charge in [0, 0.05) is 28.0 Å². The molecule has 1 saturated heterocycles. The van der Waals surface area contributed by atoms with Gasteiger partial charge in [-0.1, -0.05) is 26.3 Å². The van der Waals surface area contributed by atoms with E-state index in [1.165, 1.54) is 6.92 Å². The molecule has 23 heavy (non-hydrogen) atoms. The third kappa shape index (κ3) is 8.56. The summed E-state index contributed by atoms with van der Waals surface area (Å²) in [6.07, 6.45) is 4.17. The second kappa shape index (κ2) is 11.7. The van der Waals surface area contributed by atoms with Crippen molar-refractivity contribution in [3.8, 4) is 0 Å². The van der Waals surface area contributed by atoms with Gasteiger partial charge in [0.2, 0.25) is 5.91 Å². The third-order valence-electron chi connectivity index (χ3n) is 3.95. The number of carbonyl (C=O) groups is 2. The Morgan fingerprint density at radius 3 is 2.52 bits per heavy atom. The molecule has 7 heteroatoms. The van der Waals surface area contributed by atoms with E-state index in [1.54, 1.807) is 19.9 Å². The summed E-state index contributed by atoms with van der Waals surface area (Å²) in [6, 6.07) is 0.138. The van der Waals surface area contributed by atoms with Gasteiger partial charge in [-0.05, 0) is 26.2 Å². The number of imide groups is 1. The first-order chi connectivity index (χ1) is 10.8. The molecule has 0 bridgehead atoms. The highest BCUT2D eigenvalue weighted by Gasteiger charge is 2.34. The van der Waals surface area contributed by atoms with Crippen LogP contribution in [0.15, 0.2) is 11.6 Å². The molecule has 4 unspecified atom stereocenters. The predicted molar refractivity (Wildman–Crippen MR) is 94.6 cm³/mol. The lowest BCUT2D eigenvalue weighted by molar-refractivity contribution is -0.127. The summed E-state index contributed by atoms with van der Waals surface area (Å²) in [6.45, 7) is 9.67. The van der Waals surface area contributed by atoms with E-state index in [9.17, 15) is 9.59 Å². The smallest absolute Gasteiger partial charge is 0.253 e. The summed E-state index contributed by atoms with van der Waals surface area (Å²) in [4.78, 5) is 21.1. The van der Waals surface area contributed by atoms with E-state index in [-0.39, 0.29) is 24.0 Å². The van der Waals surface area contributed by atoms with Gasteiger partial charge in [-0.3, -0.25) is 14.9 Å². The molecule has 6 nitrogen and oxygen atoms in total. The second-order valence-corrected chi connectivity index (χ2v) is 6.15. The highest BCUT2D eigenvalue weighted by molar-refractivity contribution is 7.09. The van der Waals surface area contributed by atoms with Crippen molar-refractivity contribution >= 4 is 21.3 Å². The summed E-state index contributed by atoms with van der Waals surface area (Å²) < 4.78 is 10.8. The van der Waals surface area contributed by atoms with E-state index in [0.717, 1.165) is 12.8 Å². The van der Waals surface area contributed by atoms with Crippen LogP contribution in [0.2, 0.25) is 0 Å². The highest BCUT2D eigenvalue weighted by Crippen LogP contribution is 2.26. The van der Waals surface area contributed by atoms with Gasteiger partial charge < -0.3 is 15.0 Å². The van der Waals surface area contributed by atoms with Crippen molar-refractivity contribution in [1.82, 2.24) is 5.32 Å². The number of hydrogen-bond acceptors (Lipinski definition) is 5. The van der Waals surface area contributed by atoms with Gasteiger partial charge in [-0.25, -0.2) is 0 Å². The molecule has 5 atom stereocenters. The lowest BCUT2D eigenvalue weighted by Gasteiger charge is -2.18. The minimum atomic E-state index is -0.328. The fourth-order valence-electron chi connectivity index (χ4n) is 2.08. The quantitative estimate of drug-likeness (QED) is 0.586. The van der Waals surface area contributed by atoms with Crippen LogP contribution in [-0.2, 0) is 18.8 Å². The van der Waals surface area contributed by atoms with Crippen LogP contribution in [0.5, 0.6) is 0 Å². The first-order valence-electron chi connectivity index (χ1n) is 7.94. The van der Waals surface area contributed by atoms with Gasteiger partial charge >= 0.3 is 0 Å². The Labute approximate surface area is 141 Å². The largest absolute Gasteiger partial charge is 0.371 e. The molecular weight excluding hydrogens is 315 g/mol. The van der Waals surface area contributed by atoms with Crippen LogP contribution >= 0.6 is 9.47 Å². The Hall–Kier alpha value is -0.810. The molecule has 1 rings (SSSR count). The molecule has 2 amide bonds. The number of amides is 2. The summed E-state index contributed by atoms with van der Waals surface area (Å²) in [7, 11) is 2.24. The molecule has 134 valence electrons. The summed E-state index contributed by atoms with van der Waals surface area (Å²) in [5.41, 5.74) is 6.48. The summed E-state index contributed by atoms with van der Waals surface area (Å²) in [5, 5.41) is 2.15. The molecule has 1 aliphatic heterocycles. The Bertz CT molecular complexity index is 415. The number of nitrogens with one attached hydrogen (secondary N) is 1. The maximum absolute atomic E-state index is 10.8. The fraction of sp³-hybridized carbons (Fsp3) is 0.750. The van der Waals surface area contributed by atoms with Crippen LogP contribution in [0.1, 0.15) is 47.5 Å². The van der Waals surface area contributed by atoms with Crippen molar-refractivity contribution in [1.29, 1.82) is 0 Å². The fourth-order valence-corrected chi connectivity index (χ4v) is 2.27. The SMILES string of the molecule is C/C=C(/C)C(=O)NC(C)=O.CCC(C)C1C[C@H](N)C(COP)O1. The number of nitrogens with two attached hydrogens (primary N) is 1. The van der Waals surface area contributed by atoms with Gasteiger partial charge in [0.05, 0.1) is 18.8 Å². The van der Waals surface area contributed by atoms with E-state index in [0.29, 0.717) is 24.2 Å². The van der Waals surface area contributed by atoms with Crippen LogP contribution in [0.25, 0.3) is 0 Å². The van der Waals surface area contributed by atoms with Crippen molar-refractivity contribution in [2.24, 2.45) is 11.7 Å². The van der Waals surface area contributed by atoms with Gasteiger partial charge in [0.1, 0.15) is 0 Å². The number of allylic oxidation sites excluding steroid dienone is 1. The minimum Gasteiger partial charge on any atom is -0.371 e. The maximum atomic E-state index is 10.8. The molecule has 0 spiro atoms. The van der Waals surface area contributed by atoms with E-state index in [2.05, 4.69) is 28.6 Å². The monoisotopic (exact) mass is 346 g/mol. The zero-order chi connectivity index (χ0) is 18.0. The van der Waals surface area contributed by atoms with Gasteiger partial charge in [0.25, 0.3) is 5.91 Å². The van der Waals surface area contributed by atoms with Gasteiger partial charge in [0.15, 0.2) is 0 Å². The van der Waals surface area contributed by atoms with Crippen LogP contribution < -0.4 is 11.1 Å². The van der Waals surface area contributed by atoms with Gasteiger partial charge in [-0.15, -0.1) is 0 Å². The van der Waals surface area contributed by atoms with Crippen LogP contribution in [0, 0.1) is 5.92 Å². The summed E-state index contributed by atoms with van der Waals surface area (Å²) in [5.74, 6) is -0.0539. The van der Waals surface area contributed by atoms with Crippen molar-refractivity contribution < 1.29 is 18.8 Å². The van der Waals surface area contributed by atoms with E-state index < -0.39 is 0 Å². The lowest BCUT2D eigenvalue weighted by Crippen LogP contribution is -2.32. The van der Waals surface area contributed by atoms with Gasteiger partial charge in [-0.2, -0.15) is 0 Å². The second-order valence-electron chi connectivity index (χ2n) is 5.81. The van der Waals surface area contributed by atoms with Crippen LogP contribution in [0.4, 0.5) is 0 Å². The van der Waals surface area contributed by atoms with Crippen molar-refractivity contribution in [2.45, 2.75) is 65.7 Å². The Morgan fingerprint density at radius 1 is 1.48 bits per heavy atom. The minimum absolute atomic E-state index is 0.0801. The highest BCUT2D eigenvalue weighted by atomic mass is 31.0. The average Bonchev–Trinajstić information content (AvgIpc) is 2.87. The molecule has 0 aromatic rings. The summed E-state index contributed by atoms with van der Waals surface area (Å²) >= 11 is 0. The van der Waals surface area contributed by atoms with Crippen molar-refractivity contribution in [3.05, 3.63) is 11.6 Å². The molecule has 0 radical (unpaired) electrons. The van der Waals surface area contributed by atoms with Crippen molar-refractivity contribution in [2.75, 3.05) is 6.61 Å². The topological polar surface area (TPSA) is 90.7 Å². The van der Waals surface area contributed by atoms with Crippen molar-refractivity contribution in [3.63, 3.8) is 0 Å². The molecule has 1 heterocycles. The van der Waals surface area contributed by atoms with Crippen LogP contribution in [-0.4, -0.2) is 36.7 Å². The zero-order valence-electron chi connectivity index (χ0n) is 14.8. The molecule has 1 aliphatic rings. The third-order valence-corrected chi connectivity index (χ3v) is 4.14. The molecule has 0 saturated carbocycles. The Balaban J connectivity index is 0.000000438. The molecule has 0 aromatic carbocycles. The van der Waals surface area contributed by atoms with E-state index >= 15 is 0 Å². The Kier molecular flexibility index (Phi) is 11.3. The zero-order valence-corrected chi connectivity index (χ0v) is 16.0. The molecule has 0 aromatic heterocycles. The maximum Gasteiger partial charge on any atom is 0.253 e. The number of hydrogen-bond donors (Lipinski definition) is 2. The van der Waals surface area contributed by atoms with Crippen LogP contribution in [0.3, 0.4) is 0 Å². The standard InChI is InChI=1S/C9H20NO2P.C7H11NO2/c1-3-6(2)8-4-7(10)9(12-8)5-11-13;1-4-5(2)7(10)8-6(3)9/h6-9H,3-5,10,13H2,1-2H3;4H,1-3H3,(H,8,9,10)/b;5-4-/t6?,7-,8?,9?;/m0./s1. The molecule has 3 N–H and O–H groups in total. The Morgan fingerprint density at radius 2 is 2.09 bits per heavy atom. The first kappa shape index (κ1) is 22.2. The lowest BCUT2D eigenvalue weighted by atomic mass is 9.98. The predicted octanol–water partition coefficient (Wildman–Crippen LogP) is 1.94. The normalized spacial score (nSPS) is 25.3. The number of rotatable bonds is 5. The molecule has 0 aliphatic carbocycles. The first-order valence-corrected chi connectivity index (χ1v) is 8.41.